The summed E-state index contributed by atoms with van der Waals surface area (Å²) in [5.41, 5.74) is 0. The normalized spacial score (nSPS) is 12.7. The molecule has 0 aliphatic rings. The zero-order chi connectivity index (χ0) is 10.6. The predicted octanol–water partition coefficient (Wildman–Crippen LogP) is 3.73. The van der Waals surface area contributed by atoms with Crippen LogP contribution in [0.3, 0.4) is 0 Å². The van der Waals surface area contributed by atoms with Gasteiger partial charge in [0, 0.05) is 15.5 Å². The fourth-order valence-corrected chi connectivity index (χ4v) is 3.24. The summed E-state index contributed by atoms with van der Waals surface area (Å²) in [6.45, 7) is 4.33. The number of thioether (sulfide) groups is 1. The van der Waals surface area contributed by atoms with Gasteiger partial charge in [0.25, 0.3) is 0 Å². The van der Waals surface area contributed by atoms with Gasteiger partial charge in [-0.15, -0.1) is 23.1 Å². The van der Waals surface area contributed by atoms with Crippen molar-refractivity contribution >= 4 is 29.1 Å². The molecule has 2 nitrogen and oxygen atoms in total. The molecule has 0 aliphatic heterocycles. The highest BCUT2D eigenvalue weighted by Crippen LogP contribution is 2.29. The highest BCUT2D eigenvalue weighted by Gasteiger charge is 2.09. The van der Waals surface area contributed by atoms with Gasteiger partial charge in [-0.3, -0.25) is 0 Å². The lowest BCUT2D eigenvalue weighted by Gasteiger charge is -2.06. The first-order valence-electron chi connectivity index (χ1n) is 4.62. The average molecular weight is 230 g/mol. The molecule has 1 N–H and O–H groups in total. The Morgan fingerprint density at radius 1 is 1.71 bits per heavy atom. The van der Waals surface area contributed by atoms with Crippen LogP contribution < -0.4 is 0 Å². The standard InChI is InChI=1S/C10H14O2S2/c1-3-4-7(2)14-8-5-9(10(11)12)13-6-8/h5-7H,3-4H2,1-2H3,(H,11,12). The smallest absolute Gasteiger partial charge is 0.345 e. The summed E-state index contributed by atoms with van der Waals surface area (Å²) in [4.78, 5) is 12.1. The van der Waals surface area contributed by atoms with E-state index in [0.717, 1.165) is 4.90 Å². The molecule has 1 aromatic rings. The van der Waals surface area contributed by atoms with Crippen molar-refractivity contribution in [3.05, 3.63) is 16.3 Å². The van der Waals surface area contributed by atoms with E-state index < -0.39 is 5.97 Å². The third-order valence-electron chi connectivity index (χ3n) is 1.82. The van der Waals surface area contributed by atoms with Gasteiger partial charge in [0.1, 0.15) is 4.88 Å². The minimum Gasteiger partial charge on any atom is -0.477 e. The number of hydrogen-bond acceptors (Lipinski definition) is 3. The van der Waals surface area contributed by atoms with Crippen molar-refractivity contribution in [2.75, 3.05) is 0 Å². The van der Waals surface area contributed by atoms with E-state index in [0.29, 0.717) is 10.1 Å². The van der Waals surface area contributed by atoms with Crippen molar-refractivity contribution in [2.24, 2.45) is 0 Å². The van der Waals surface area contributed by atoms with Crippen LogP contribution in [0, 0.1) is 0 Å². The first-order chi connectivity index (χ1) is 6.63. The van der Waals surface area contributed by atoms with E-state index in [9.17, 15) is 4.79 Å². The molecule has 4 heteroatoms. The van der Waals surface area contributed by atoms with Gasteiger partial charge < -0.3 is 5.11 Å². The highest BCUT2D eigenvalue weighted by molar-refractivity contribution is 8.00. The van der Waals surface area contributed by atoms with E-state index in [2.05, 4.69) is 13.8 Å². The molecule has 78 valence electrons. The predicted molar refractivity (Wildman–Crippen MR) is 61.5 cm³/mol. The summed E-state index contributed by atoms with van der Waals surface area (Å²) in [6, 6.07) is 1.75. The summed E-state index contributed by atoms with van der Waals surface area (Å²) < 4.78 is 0. The molecule has 1 heterocycles. The molecule has 0 radical (unpaired) electrons. The first kappa shape index (κ1) is 11.6. The zero-order valence-corrected chi connectivity index (χ0v) is 9.95. The van der Waals surface area contributed by atoms with E-state index >= 15 is 0 Å². The van der Waals surface area contributed by atoms with Crippen molar-refractivity contribution in [2.45, 2.75) is 36.8 Å². The molecule has 0 aromatic carbocycles. The highest BCUT2D eigenvalue weighted by atomic mass is 32.2. The Morgan fingerprint density at radius 3 is 2.93 bits per heavy atom. The van der Waals surface area contributed by atoms with E-state index in [1.165, 1.54) is 24.2 Å². The van der Waals surface area contributed by atoms with Crippen LogP contribution in [0.4, 0.5) is 0 Å². The fourth-order valence-electron chi connectivity index (χ4n) is 1.19. The molecule has 1 rings (SSSR count). The molecular weight excluding hydrogens is 216 g/mol. The number of aromatic carboxylic acids is 1. The number of carboxylic acids is 1. The Labute approximate surface area is 92.3 Å². The topological polar surface area (TPSA) is 37.3 Å². The maximum Gasteiger partial charge on any atom is 0.345 e. The lowest BCUT2D eigenvalue weighted by atomic mass is 10.3. The average Bonchev–Trinajstić information content (AvgIpc) is 2.53. The Balaban J connectivity index is 2.55. The number of rotatable bonds is 5. The largest absolute Gasteiger partial charge is 0.477 e. The fraction of sp³-hybridized carbons (Fsp3) is 0.500. The summed E-state index contributed by atoms with van der Waals surface area (Å²) in [5.74, 6) is -0.829. The SMILES string of the molecule is CCCC(C)Sc1csc(C(=O)O)c1. The number of carboxylic acid groups (broad SMARTS) is 1. The molecule has 14 heavy (non-hydrogen) atoms. The van der Waals surface area contributed by atoms with Gasteiger partial charge in [0.2, 0.25) is 0 Å². The second-order valence-electron chi connectivity index (χ2n) is 3.17. The summed E-state index contributed by atoms with van der Waals surface area (Å²) in [7, 11) is 0. The van der Waals surface area contributed by atoms with Crippen molar-refractivity contribution in [1.29, 1.82) is 0 Å². The maximum absolute atomic E-state index is 10.6. The Hall–Kier alpha value is -0.480. The Bertz CT molecular complexity index is 307. The molecule has 0 fully saturated rings. The van der Waals surface area contributed by atoms with Gasteiger partial charge in [-0.05, 0) is 12.5 Å². The Kier molecular flexibility index (Phi) is 4.48. The molecule has 0 saturated carbocycles. The molecule has 0 aliphatic carbocycles. The minimum atomic E-state index is -0.829. The van der Waals surface area contributed by atoms with Crippen LogP contribution >= 0.6 is 23.1 Å². The molecule has 0 bridgehead atoms. The lowest BCUT2D eigenvalue weighted by Crippen LogP contribution is -1.93. The second-order valence-corrected chi connectivity index (χ2v) is 5.59. The summed E-state index contributed by atoms with van der Waals surface area (Å²) in [6.07, 6.45) is 2.34. The van der Waals surface area contributed by atoms with E-state index in [1.54, 1.807) is 17.8 Å². The first-order valence-corrected chi connectivity index (χ1v) is 6.38. The number of thiophene rings is 1. The quantitative estimate of drug-likeness (QED) is 0.783. The van der Waals surface area contributed by atoms with Crippen molar-refractivity contribution < 1.29 is 9.90 Å². The van der Waals surface area contributed by atoms with Gasteiger partial charge in [-0.1, -0.05) is 20.3 Å². The summed E-state index contributed by atoms with van der Waals surface area (Å²) in [5, 5.41) is 11.2. The van der Waals surface area contributed by atoms with Crippen molar-refractivity contribution in [3.63, 3.8) is 0 Å². The molecule has 0 saturated heterocycles. The third-order valence-corrected chi connectivity index (χ3v) is 4.03. The van der Waals surface area contributed by atoms with Gasteiger partial charge in [0.15, 0.2) is 0 Å². The van der Waals surface area contributed by atoms with Gasteiger partial charge in [-0.25, -0.2) is 4.79 Å². The maximum atomic E-state index is 10.6. The van der Waals surface area contributed by atoms with Crippen molar-refractivity contribution in [3.8, 4) is 0 Å². The molecule has 0 spiro atoms. The third kappa shape index (κ3) is 3.35. The van der Waals surface area contributed by atoms with E-state index in [4.69, 9.17) is 5.11 Å². The molecular formula is C10H14O2S2. The van der Waals surface area contributed by atoms with Crippen LogP contribution in [-0.4, -0.2) is 16.3 Å². The number of carbonyl (C=O) groups is 1. The zero-order valence-electron chi connectivity index (χ0n) is 8.32. The van der Waals surface area contributed by atoms with Crippen LogP contribution in [-0.2, 0) is 0 Å². The van der Waals surface area contributed by atoms with E-state index in [-0.39, 0.29) is 0 Å². The number of hydrogen-bond donors (Lipinski definition) is 1. The second kappa shape index (κ2) is 5.41. The monoisotopic (exact) mass is 230 g/mol. The van der Waals surface area contributed by atoms with Gasteiger partial charge in [0.05, 0.1) is 0 Å². The lowest BCUT2D eigenvalue weighted by molar-refractivity contribution is 0.0702. The molecule has 1 atom stereocenters. The van der Waals surface area contributed by atoms with Crippen LogP contribution in [0.15, 0.2) is 16.3 Å². The minimum absolute atomic E-state index is 0.427. The van der Waals surface area contributed by atoms with Crippen LogP contribution in [0.5, 0.6) is 0 Å². The van der Waals surface area contributed by atoms with Gasteiger partial charge >= 0.3 is 5.97 Å². The van der Waals surface area contributed by atoms with Crippen LogP contribution in [0.2, 0.25) is 0 Å². The molecule has 1 aromatic heterocycles. The molecule has 0 amide bonds. The van der Waals surface area contributed by atoms with Crippen molar-refractivity contribution in [1.82, 2.24) is 0 Å². The molecule has 1 unspecified atom stereocenters. The summed E-state index contributed by atoms with van der Waals surface area (Å²) >= 11 is 3.05. The van der Waals surface area contributed by atoms with Crippen LogP contribution in [0.25, 0.3) is 0 Å². The van der Waals surface area contributed by atoms with E-state index in [1.807, 2.05) is 5.38 Å². The van der Waals surface area contributed by atoms with Crippen LogP contribution in [0.1, 0.15) is 36.4 Å². The van der Waals surface area contributed by atoms with Gasteiger partial charge in [-0.2, -0.15) is 0 Å². The Morgan fingerprint density at radius 2 is 2.43 bits per heavy atom.